The Labute approximate surface area is 134 Å². The van der Waals surface area contributed by atoms with Crippen LogP contribution in [0, 0.1) is 0 Å². The zero-order valence-electron chi connectivity index (χ0n) is 13.8. The molecule has 0 aliphatic heterocycles. The number of hydrogen-bond acceptors (Lipinski definition) is 2. The van der Waals surface area contributed by atoms with E-state index < -0.39 is 6.10 Å². The minimum Gasteiger partial charge on any atom is -0.490 e. The average molecular weight is 304 g/mol. The Morgan fingerprint density at radius 2 is 2.05 bits per heavy atom. The lowest BCUT2D eigenvalue weighted by Crippen LogP contribution is -3.14. The molecule has 0 bridgehead atoms. The molecule has 1 aromatic rings. The summed E-state index contributed by atoms with van der Waals surface area (Å²) >= 11 is 0. The van der Waals surface area contributed by atoms with E-state index in [1.165, 1.54) is 37.0 Å². The molecule has 3 heteroatoms. The molecule has 1 aliphatic rings. The molecule has 0 amide bonds. The SMILES string of the molecule is C=CCc1ccccc1OC[C@@H](O)C[NH+](C)C1CCCCC1. The van der Waals surface area contributed by atoms with Gasteiger partial charge in [0, 0.05) is 0 Å². The van der Waals surface area contributed by atoms with E-state index in [4.69, 9.17) is 4.74 Å². The van der Waals surface area contributed by atoms with E-state index in [0.29, 0.717) is 12.6 Å². The number of likely N-dealkylation sites (N-methyl/N-ethyl adjacent to an activating group) is 1. The van der Waals surface area contributed by atoms with Crippen LogP contribution in [-0.4, -0.2) is 37.5 Å². The molecule has 3 nitrogen and oxygen atoms in total. The number of nitrogens with one attached hydrogen (secondary N) is 1. The molecule has 0 spiro atoms. The van der Waals surface area contributed by atoms with Crippen molar-refractivity contribution in [1.82, 2.24) is 0 Å². The van der Waals surface area contributed by atoms with Crippen molar-refractivity contribution in [3.05, 3.63) is 42.5 Å². The first-order valence-corrected chi connectivity index (χ1v) is 8.52. The topological polar surface area (TPSA) is 33.9 Å². The summed E-state index contributed by atoms with van der Waals surface area (Å²) in [6.45, 7) is 4.89. The number of para-hydroxylation sites is 1. The van der Waals surface area contributed by atoms with Crippen molar-refractivity contribution in [2.24, 2.45) is 0 Å². The van der Waals surface area contributed by atoms with E-state index in [-0.39, 0.29) is 0 Å². The van der Waals surface area contributed by atoms with Gasteiger partial charge in [-0.25, -0.2) is 0 Å². The first-order chi connectivity index (χ1) is 10.7. The molecule has 0 aromatic heterocycles. The van der Waals surface area contributed by atoms with Crippen LogP contribution >= 0.6 is 0 Å². The summed E-state index contributed by atoms with van der Waals surface area (Å²) in [4.78, 5) is 1.44. The Balaban J connectivity index is 1.79. The fourth-order valence-corrected chi connectivity index (χ4v) is 3.35. The second-order valence-corrected chi connectivity index (χ2v) is 6.45. The van der Waals surface area contributed by atoms with Gasteiger partial charge in [0.1, 0.15) is 25.0 Å². The summed E-state index contributed by atoms with van der Waals surface area (Å²) in [7, 11) is 2.20. The summed E-state index contributed by atoms with van der Waals surface area (Å²) < 4.78 is 5.83. The van der Waals surface area contributed by atoms with E-state index in [1.54, 1.807) is 0 Å². The Morgan fingerprint density at radius 3 is 2.77 bits per heavy atom. The predicted octanol–water partition coefficient (Wildman–Crippen LogP) is 2.00. The van der Waals surface area contributed by atoms with Gasteiger partial charge in [-0.2, -0.15) is 0 Å². The van der Waals surface area contributed by atoms with Crippen molar-refractivity contribution in [2.75, 3.05) is 20.2 Å². The van der Waals surface area contributed by atoms with Gasteiger partial charge in [0.05, 0.1) is 13.1 Å². The van der Waals surface area contributed by atoms with Crippen molar-refractivity contribution < 1.29 is 14.7 Å². The van der Waals surface area contributed by atoms with Crippen molar-refractivity contribution in [2.45, 2.75) is 50.7 Å². The highest BCUT2D eigenvalue weighted by Gasteiger charge is 2.23. The second kappa shape index (κ2) is 8.96. The number of aliphatic hydroxyl groups is 1. The smallest absolute Gasteiger partial charge is 0.137 e. The lowest BCUT2D eigenvalue weighted by atomic mass is 9.94. The maximum atomic E-state index is 10.3. The minimum absolute atomic E-state index is 0.359. The third-order valence-electron chi connectivity index (χ3n) is 4.63. The first-order valence-electron chi connectivity index (χ1n) is 8.52. The average Bonchev–Trinajstić information content (AvgIpc) is 2.55. The Bertz CT molecular complexity index is 455. The molecule has 2 atom stereocenters. The van der Waals surface area contributed by atoms with Crippen molar-refractivity contribution in [3.8, 4) is 5.75 Å². The van der Waals surface area contributed by atoms with Crippen molar-refractivity contribution in [3.63, 3.8) is 0 Å². The van der Waals surface area contributed by atoms with Crippen LogP contribution in [0.1, 0.15) is 37.7 Å². The quantitative estimate of drug-likeness (QED) is 0.720. The first kappa shape index (κ1) is 17.0. The summed E-state index contributed by atoms with van der Waals surface area (Å²) in [6, 6.07) is 8.68. The number of aliphatic hydroxyl groups excluding tert-OH is 1. The molecule has 0 radical (unpaired) electrons. The molecule has 1 saturated carbocycles. The van der Waals surface area contributed by atoms with Crippen molar-refractivity contribution in [1.29, 1.82) is 0 Å². The third-order valence-corrected chi connectivity index (χ3v) is 4.63. The summed E-state index contributed by atoms with van der Waals surface area (Å²) in [5.41, 5.74) is 1.12. The predicted molar refractivity (Wildman–Crippen MR) is 90.5 cm³/mol. The third kappa shape index (κ3) is 5.15. The van der Waals surface area contributed by atoms with E-state index in [0.717, 1.165) is 24.3 Å². The fourth-order valence-electron chi connectivity index (χ4n) is 3.35. The highest BCUT2D eigenvalue weighted by molar-refractivity contribution is 5.34. The van der Waals surface area contributed by atoms with Gasteiger partial charge in [-0.05, 0) is 43.7 Å². The fraction of sp³-hybridized carbons (Fsp3) is 0.579. The van der Waals surface area contributed by atoms with Gasteiger partial charge in [0.2, 0.25) is 0 Å². The van der Waals surface area contributed by atoms with Gasteiger partial charge in [-0.3, -0.25) is 0 Å². The number of hydrogen-bond donors (Lipinski definition) is 2. The normalized spacial score (nSPS) is 18.6. The Hall–Kier alpha value is -1.32. The van der Waals surface area contributed by atoms with Crippen LogP contribution in [0.5, 0.6) is 5.75 Å². The number of quaternary nitrogens is 1. The number of benzene rings is 1. The lowest BCUT2D eigenvalue weighted by Gasteiger charge is -2.29. The van der Waals surface area contributed by atoms with Crippen LogP contribution < -0.4 is 9.64 Å². The van der Waals surface area contributed by atoms with Gasteiger partial charge < -0.3 is 14.7 Å². The number of ether oxygens (including phenoxy) is 1. The number of allylic oxidation sites excluding steroid dienone is 1. The van der Waals surface area contributed by atoms with Gasteiger partial charge in [0.15, 0.2) is 0 Å². The molecule has 1 unspecified atom stereocenters. The highest BCUT2D eigenvalue weighted by atomic mass is 16.5. The molecule has 22 heavy (non-hydrogen) atoms. The second-order valence-electron chi connectivity index (χ2n) is 6.45. The van der Waals surface area contributed by atoms with Gasteiger partial charge >= 0.3 is 0 Å². The Morgan fingerprint density at radius 1 is 1.32 bits per heavy atom. The number of rotatable bonds is 8. The maximum absolute atomic E-state index is 10.3. The molecular weight excluding hydrogens is 274 g/mol. The van der Waals surface area contributed by atoms with Crippen LogP contribution in [0.25, 0.3) is 0 Å². The van der Waals surface area contributed by atoms with Gasteiger partial charge in [-0.15, -0.1) is 6.58 Å². The molecule has 2 rings (SSSR count). The van der Waals surface area contributed by atoms with Crippen LogP contribution in [0.2, 0.25) is 0 Å². The lowest BCUT2D eigenvalue weighted by molar-refractivity contribution is -0.910. The molecule has 1 fully saturated rings. The molecule has 1 aromatic carbocycles. The monoisotopic (exact) mass is 304 g/mol. The molecular formula is C19H30NO2+. The molecule has 1 aliphatic carbocycles. The molecule has 122 valence electrons. The van der Waals surface area contributed by atoms with E-state index in [1.807, 2.05) is 30.3 Å². The molecule has 0 saturated heterocycles. The van der Waals surface area contributed by atoms with E-state index >= 15 is 0 Å². The summed E-state index contributed by atoms with van der Waals surface area (Å²) in [5, 5.41) is 10.3. The zero-order chi connectivity index (χ0) is 15.8. The van der Waals surface area contributed by atoms with Crippen molar-refractivity contribution >= 4 is 0 Å². The highest BCUT2D eigenvalue weighted by Crippen LogP contribution is 2.19. The zero-order valence-corrected chi connectivity index (χ0v) is 13.8. The summed E-state index contributed by atoms with van der Waals surface area (Å²) in [5.74, 6) is 0.858. The van der Waals surface area contributed by atoms with E-state index in [2.05, 4.69) is 13.6 Å². The van der Waals surface area contributed by atoms with Gasteiger partial charge in [0.25, 0.3) is 0 Å². The maximum Gasteiger partial charge on any atom is 0.137 e. The summed E-state index contributed by atoms with van der Waals surface area (Å²) in [6.07, 6.45) is 8.88. The molecule has 0 heterocycles. The van der Waals surface area contributed by atoms with Gasteiger partial charge in [-0.1, -0.05) is 30.7 Å². The van der Waals surface area contributed by atoms with Crippen LogP contribution in [0.3, 0.4) is 0 Å². The Kier molecular flexibility index (Phi) is 6.94. The van der Waals surface area contributed by atoms with E-state index in [9.17, 15) is 5.11 Å². The molecule has 2 N–H and O–H groups in total. The van der Waals surface area contributed by atoms with Crippen LogP contribution in [0.4, 0.5) is 0 Å². The van der Waals surface area contributed by atoms with Crippen LogP contribution in [0.15, 0.2) is 36.9 Å². The minimum atomic E-state index is -0.418. The van der Waals surface area contributed by atoms with Crippen LogP contribution in [-0.2, 0) is 6.42 Å². The standard InChI is InChI=1S/C19H29NO2/c1-3-9-16-10-7-8-13-19(16)22-15-18(21)14-20(2)17-11-5-4-6-12-17/h3,7-8,10,13,17-18,21H,1,4-6,9,11-12,14-15H2,2H3/p+1/t18-/m0/s1. The largest absolute Gasteiger partial charge is 0.490 e.